The summed E-state index contributed by atoms with van der Waals surface area (Å²) in [6.07, 6.45) is 7.70. The molecule has 2 N–H and O–H groups in total. The monoisotopic (exact) mass is 449 g/mol. The number of aromatic nitrogens is 4. The third kappa shape index (κ3) is 4.66. The van der Waals surface area contributed by atoms with Gasteiger partial charge in [0.2, 0.25) is 0 Å². The SMILES string of the molecule is CC[C@H](C)[C@@H](CO)NC(=O)c1cn(Cc2ccc(-c3cnn(C)c3)cc2F)c2cccnc12. The van der Waals surface area contributed by atoms with Crippen LogP contribution >= 0.6 is 0 Å². The molecule has 0 aliphatic rings. The Morgan fingerprint density at radius 1 is 1.24 bits per heavy atom. The highest BCUT2D eigenvalue weighted by atomic mass is 19.1. The Morgan fingerprint density at radius 2 is 2.06 bits per heavy atom. The predicted molar refractivity (Wildman–Crippen MR) is 125 cm³/mol. The van der Waals surface area contributed by atoms with Gasteiger partial charge < -0.3 is 15.0 Å². The van der Waals surface area contributed by atoms with E-state index in [1.54, 1.807) is 35.4 Å². The minimum atomic E-state index is -0.345. The predicted octanol–water partition coefficient (Wildman–Crippen LogP) is 3.76. The lowest BCUT2D eigenvalue weighted by Crippen LogP contribution is -2.41. The number of carbonyl (C=O) groups excluding carboxylic acids is 1. The van der Waals surface area contributed by atoms with Crippen molar-refractivity contribution in [2.75, 3.05) is 6.61 Å². The van der Waals surface area contributed by atoms with Gasteiger partial charge in [0, 0.05) is 36.8 Å². The molecule has 3 heterocycles. The van der Waals surface area contributed by atoms with Gasteiger partial charge in [-0.1, -0.05) is 32.4 Å². The van der Waals surface area contributed by atoms with E-state index in [1.807, 2.05) is 43.8 Å². The van der Waals surface area contributed by atoms with Crippen molar-refractivity contribution in [3.05, 3.63) is 72.1 Å². The summed E-state index contributed by atoms with van der Waals surface area (Å²) in [4.78, 5) is 17.4. The van der Waals surface area contributed by atoms with Crippen molar-refractivity contribution in [2.45, 2.75) is 32.9 Å². The van der Waals surface area contributed by atoms with Crippen LogP contribution in [-0.4, -0.2) is 43.0 Å². The van der Waals surface area contributed by atoms with E-state index in [9.17, 15) is 14.3 Å². The van der Waals surface area contributed by atoms with Crippen molar-refractivity contribution in [3.63, 3.8) is 0 Å². The molecule has 7 nitrogen and oxygen atoms in total. The number of aryl methyl sites for hydroxylation is 1. The highest BCUT2D eigenvalue weighted by molar-refractivity contribution is 6.05. The van der Waals surface area contributed by atoms with Crippen molar-refractivity contribution in [3.8, 4) is 11.1 Å². The second kappa shape index (κ2) is 9.54. The van der Waals surface area contributed by atoms with Crippen molar-refractivity contribution in [2.24, 2.45) is 13.0 Å². The smallest absolute Gasteiger partial charge is 0.255 e. The molecule has 4 rings (SSSR count). The van der Waals surface area contributed by atoms with E-state index in [0.717, 1.165) is 23.1 Å². The number of fused-ring (bicyclic) bond motifs is 1. The molecule has 4 aromatic rings. The third-order valence-corrected chi connectivity index (χ3v) is 6.16. The Hall–Kier alpha value is -3.52. The normalized spacial score (nSPS) is 13.2. The zero-order chi connectivity index (χ0) is 23.5. The first-order chi connectivity index (χ1) is 15.9. The zero-order valence-electron chi connectivity index (χ0n) is 19.0. The molecule has 0 radical (unpaired) electrons. The molecule has 0 bridgehead atoms. The lowest BCUT2D eigenvalue weighted by Gasteiger charge is -2.21. The van der Waals surface area contributed by atoms with Gasteiger partial charge in [0.15, 0.2) is 0 Å². The highest BCUT2D eigenvalue weighted by Gasteiger charge is 2.22. The lowest BCUT2D eigenvalue weighted by molar-refractivity contribution is 0.0892. The average molecular weight is 450 g/mol. The van der Waals surface area contributed by atoms with Crippen LogP contribution in [0.1, 0.15) is 36.2 Å². The topological polar surface area (TPSA) is 85.0 Å². The summed E-state index contributed by atoms with van der Waals surface area (Å²) < 4.78 is 18.5. The summed E-state index contributed by atoms with van der Waals surface area (Å²) in [7, 11) is 1.82. The van der Waals surface area contributed by atoms with Crippen molar-refractivity contribution >= 4 is 16.9 Å². The van der Waals surface area contributed by atoms with Gasteiger partial charge in [-0.05, 0) is 29.7 Å². The maximum Gasteiger partial charge on any atom is 0.255 e. The van der Waals surface area contributed by atoms with Crippen molar-refractivity contribution in [1.82, 2.24) is 24.6 Å². The Bertz CT molecular complexity index is 1280. The fraction of sp³-hybridized carbons (Fsp3) is 0.320. The van der Waals surface area contributed by atoms with Gasteiger partial charge in [0.25, 0.3) is 5.91 Å². The minimum absolute atomic E-state index is 0.132. The molecule has 1 amide bonds. The van der Waals surface area contributed by atoms with E-state index in [-0.39, 0.29) is 36.8 Å². The quantitative estimate of drug-likeness (QED) is 0.429. The van der Waals surface area contributed by atoms with Crippen LogP contribution < -0.4 is 5.32 Å². The second-order valence-corrected chi connectivity index (χ2v) is 8.40. The number of nitrogens with one attached hydrogen (secondary N) is 1. The molecule has 0 aliphatic carbocycles. The van der Waals surface area contributed by atoms with Gasteiger partial charge in [0.1, 0.15) is 11.3 Å². The molecule has 0 saturated carbocycles. The van der Waals surface area contributed by atoms with Crippen LogP contribution in [0, 0.1) is 11.7 Å². The molecule has 33 heavy (non-hydrogen) atoms. The standard InChI is InChI=1S/C25H28FN5O2/c1-4-16(2)22(15-32)29-25(33)20-14-31(23-6-5-9-27-24(20)23)13-18-8-7-17(10-21(18)26)19-11-28-30(3)12-19/h5-12,14,16,22,32H,4,13,15H2,1-3H3,(H,29,33)/t16-,22+/m0/s1. The number of carbonyl (C=O) groups is 1. The molecule has 0 aliphatic heterocycles. The van der Waals surface area contributed by atoms with Crippen LogP contribution in [0.2, 0.25) is 0 Å². The Balaban J connectivity index is 1.63. The lowest BCUT2D eigenvalue weighted by atomic mass is 9.99. The number of hydrogen-bond acceptors (Lipinski definition) is 4. The summed E-state index contributed by atoms with van der Waals surface area (Å²) in [6.45, 7) is 4.12. The van der Waals surface area contributed by atoms with Gasteiger partial charge in [-0.25, -0.2) is 4.39 Å². The van der Waals surface area contributed by atoms with E-state index >= 15 is 0 Å². The Morgan fingerprint density at radius 3 is 2.73 bits per heavy atom. The number of aliphatic hydroxyl groups is 1. The van der Waals surface area contributed by atoms with Gasteiger partial charge in [0.05, 0.1) is 36.5 Å². The van der Waals surface area contributed by atoms with Crippen LogP contribution in [-0.2, 0) is 13.6 Å². The first kappa shape index (κ1) is 22.7. The van der Waals surface area contributed by atoms with E-state index in [1.165, 1.54) is 6.07 Å². The maximum absolute atomic E-state index is 15.0. The maximum atomic E-state index is 15.0. The van der Waals surface area contributed by atoms with E-state index in [4.69, 9.17) is 0 Å². The summed E-state index contributed by atoms with van der Waals surface area (Å²) in [5, 5.41) is 16.7. The van der Waals surface area contributed by atoms with E-state index in [2.05, 4.69) is 15.4 Å². The summed E-state index contributed by atoms with van der Waals surface area (Å²) in [5.74, 6) is -0.498. The molecule has 172 valence electrons. The molecule has 0 spiro atoms. The molecule has 2 atom stereocenters. The van der Waals surface area contributed by atoms with Crippen LogP contribution in [0.25, 0.3) is 22.2 Å². The number of benzene rings is 1. The number of aliphatic hydroxyl groups excluding tert-OH is 1. The number of nitrogens with zero attached hydrogens (tertiary/aromatic N) is 4. The largest absolute Gasteiger partial charge is 0.394 e. The minimum Gasteiger partial charge on any atom is -0.394 e. The molecular weight excluding hydrogens is 421 g/mol. The van der Waals surface area contributed by atoms with Crippen molar-refractivity contribution < 1.29 is 14.3 Å². The van der Waals surface area contributed by atoms with Crippen LogP contribution in [0.5, 0.6) is 0 Å². The van der Waals surface area contributed by atoms with E-state index in [0.29, 0.717) is 16.6 Å². The Kier molecular flexibility index (Phi) is 6.55. The molecular formula is C25H28FN5O2. The van der Waals surface area contributed by atoms with Crippen molar-refractivity contribution in [1.29, 1.82) is 0 Å². The number of pyridine rings is 1. The van der Waals surface area contributed by atoms with Gasteiger partial charge in [-0.15, -0.1) is 0 Å². The molecule has 3 aromatic heterocycles. The number of halogens is 1. The van der Waals surface area contributed by atoms with E-state index < -0.39 is 0 Å². The van der Waals surface area contributed by atoms with Gasteiger partial charge in [-0.2, -0.15) is 5.10 Å². The Labute approximate surface area is 191 Å². The third-order valence-electron chi connectivity index (χ3n) is 6.16. The molecule has 1 aromatic carbocycles. The average Bonchev–Trinajstić information content (AvgIpc) is 3.42. The van der Waals surface area contributed by atoms with Crippen LogP contribution in [0.15, 0.2) is 55.1 Å². The summed E-state index contributed by atoms with van der Waals surface area (Å²) in [5.41, 5.74) is 3.79. The molecule has 8 heteroatoms. The highest BCUT2D eigenvalue weighted by Crippen LogP contribution is 2.25. The fourth-order valence-corrected chi connectivity index (χ4v) is 3.93. The summed E-state index contributed by atoms with van der Waals surface area (Å²) >= 11 is 0. The van der Waals surface area contributed by atoms with Crippen LogP contribution in [0.4, 0.5) is 4.39 Å². The molecule has 0 fully saturated rings. The second-order valence-electron chi connectivity index (χ2n) is 8.40. The number of amides is 1. The van der Waals surface area contributed by atoms with Gasteiger partial charge in [-0.3, -0.25) is 14.5 Å². The fourth-order valence-electron chi connectivity index (χ4n) is 3.93. The first-order valence-corrected chi connectivity index (χ1v) is 11.0. The van der Waals surface area contributed by atoms with Gasteiger partial charge >= 0.3 is 0 Å². The molecule has 0 saturated heterocycles. The van der Waals surface area contributed by atoms with Crippen LogP contribution in [0.3, 0.4) is 0 Å². The number of rotatable bonds is 8. The zero-order valence-corrected chi connectivity index (χ0v) is 19.0. The molecule has 0 unspecified atom stereocenters. The summed E-state index contributed by atoms with van der Waals surface area (Å²) in [6, 6.07) is 8.43. The number of hydrogen-bond donors (Lipinski definition) is 2. The first-order valence-electron chi connectivity index (χ1n) is 11.0.